The highest BCUT2D eigenvalue weighted by molar-refractivity contribution is 7.80. The van der Waals surface area contributed by atoms with E-state index < -0.39 is 0 Å². The molecule has 0 amide bonds. The molecule has 4 rings (SSSR count). The summed E-state index contributed by atoms with van der Waals surface area (Å²) in [4.78, 5) is 4.67. The largest absolute Gasteiger partial charge is 0.349 e. The van der Waals surface area contributed by atoms with Gasteiger partial charge >= 0.3 is 0 Å². The number of nitrogens with zero attached hydrogens (tertiary/aromatic N) is 2. The molecule has 2 saturated heterocycles. The van der Waals surface area contributed by atoms with E-state index in [1.54, 1.807) is 0 Å². The van der Waals surface area contributed by atoms with Crippen LogP contribution in [0.5, 0.6) is 0 Å². The van der Waals surface area contributed by atoms with Crippen LogP contribution in [0.3, 0.4) is 0 Å². The topological polar surface area (TPSA) is 30.5 Å². The minimum atomic E-state index is 0.850. The number of piperidine rings is 2. The number of thiocarbonyl (C=S) groups is 2. The second kappa shape index (κ2) is 12.3. The van der Waals surface area contributed by atoms with Crippen LogP contribution >= 0.6 is 24.4 Å². The van der Waals surface area contributed by atoms with E-state index in [-0.39, 0.29) is 0 Å². The van der Waals surface area contributed by atoms with Gasteiger partial charge in [0.05, 0.1) is 0 Å². The van der Waals surface area contributed by atoms with Crippen LogP contribution in [0.15, 0.2) is 60.7 Å². The summed E-state index contributed by atoms with van der Waals surface area (Å²) in [6, 6.07) is 20.5. The maximum absolute atomic E-state index is 5.63. The molecule has 0 aromatic heterocycles. The van der Waals surface area contributed by atoms with Crippen LogP contribution in [0.4, 0.5) is 11.4 Å². The van der Waals surface area contributed by atoms with Gasteiger partial charge in [-0.3, -0.25) is 0 Å². The van der Waals surface area contributed by atoms with Crippen molar-refractivity contribution in [3.63, 3.8) is 0 Å². The molecule has 2 aliphatic heterocycles. The predicted molar refractivity (Wildman–Crippen MR) is 148 cm³/mol. The molecule has 6 heteroatoms. The number of anilines is 2. The lowest BCUT2D eigenvalue weighted by molar-refractivity contribution is 0.229. The third-order valence-electron chi connectivity index (χ3n) is 7.08. The average molecular weight is 481 g/mol. The zero-order valence-corrected chi connectivity index (χ0v) is 21.1. The Morgan fingerprint density at radius 3 is 1.36 bits per heavy atom. The Kier molecular flexibility index (Phi) is 8.95. The lowest BCUT2D eigenvalue weighted by Gasteiger charge is -2.35. The summed E-state index contributed by atoms with van der Waals surface area (Å²) in [6.07, 6.45) is 9.11. The summed E-state index contributed by atoms with van der Waals surface area (Å²) in [6.45, 7) is 4.31. The maximum atomic E-state index is 5.63. The van der Waals surface area contributed by atoms with Gasteiger partial charge in [0, 0.05) is 37.6 Å². The van der Waals surface area contributed by atoms with E-state index in [9.17, 15) is 0 Å². The maximum Gasteiger partial charge on any atom is 0.173 e. The monoisotopic (exact) mass is 480 g/mol. The van der Waals surface area contributed by atoms with E-state index in [1.807, 2.05) is 36.4 Å². The Morgan fingerprint density at radius 2 is 1.00 bits per heavy atom. The summed E-state index contributed by atoms with van der Waals surface area (Å²) >= 11 is 11.3. The molecule has 176 valence electrons. The van der Waals surface area contributed by atoms with E-state index in [4.69, 9.17) is 24.4 Å². The number of rotatable bonds is 6. The first-order valence-corrected chi connectivity index (χ1v) is 13.2. The van der Waals surface area contributed by atoms with Gasteiger partial charge in [0.2, 0.25) is 0 Å². The third-order valence-corrected chi connectivity index (χ3v) is 7.80. The fraction of sp³-hybridized carbons (Fsp3) is 0.481. The highest BCUT2D eigenvalue weighted by atomic mass is 32.1. The number of nitrogens with one attached hydrogen (secondary N) is 2. The van der Waals surface area contributed by atoms with Crippen LogP contribution in [0.2, 0.25) is 0 Å². The first kappa shape index (κ1) is 24.0. The standard InChI is InChI=1S/C27H36N4S2/c32-26(28-24-10-3-1-4-11-24)30-18-14-22(15-19-30)8-7-9-23-16-20-31(21-17-23)27(33)29-25-12-5-2-6-13-25/h1-6,10-13,22-23H,7-9,14-21H2,(H,28,32)(H,29,33). The van der Waals surface area contributed by atoms with E-state index >= 15 is 0 Å². The molecule has 0 atom stereocenters. The molecule has 2 aromatic rings. The second-order valence-corrected chi connectivity index (χ2v) is 10.2. The molecule has 2 heterocycles. The Balaban J connectivity index is 1.08. The van der Waals surface area contributed by atoms with E-state index in [0.29, 0.717) is 0 Å². The molecule has 2 aromatic carbocycles. The van der Waals surface area contributed by atoms with Gasteiger partial charge in [-0.1, -0.05) is 55.7 Å². The summed E-state index contributed by atoms with van der Waals surface area (Å²) in [5, 5.41) is 8.49. The summed E-state index contributed by atoms with van der Waals surface area (Å²) in [5.74, 6) is 1.70. The fourth-order valence-electron chi connectivity index (χ4n) is 4.99. The van der Waals surface area contributed by atoms with Crippen molar-refractivity contribution in [2.24, 2.45) is 11.8 Å². The third kappa shape index (κ3) is 7.41. The molecule has 33 heavy (non-hydrogen) atoms. The molecule has 2 N–H and O–H groups in total. The number of likely N-dealkylation sites (tertiary alicyclic amines) is 2. The van der Waals surface area contributed by atoms with Crippen molar-refractivity contribution in [2.45, 2.75) is 44.9 Å². The van der Waals surface area contributed by atoms with E-state index in [2.05, 4.69) is 44.7 Å². The molecule has 2 aliphatic rings. The lowest BCUT2D eigenvalue weighted by Crippen LogP contribution is -2.41. The summed E-state index contributed by atoms with van der Waals surface area (Å²) in [7, 11) is 0. The Morgan fingerprint density at radius 1 is 0.636 bits per heavy atom. The molecule has 4 nitrogen and oxygen atoms in total. The van der Waals surface area contributed by atoms with Crippen molar-refractivity contribution in [3.8, 4) is 0 Å². The second-order valence-electron chi connectivity index (χ2n) is 9.38. The molecule has 0 unspecified atom stereocenters. The molecule has 0 aliphatic carbocycles. The lowest BCUT2D eigenvalue weighted by atomic mass is 9.87. The SMILES string of the molecule is S=C(Nc1ccccc1)N1CCC(CCCC2CCN(C(=S)Nc3ccccc3)CC2)CC1. The Labute approximate surface area is 209 Å². The normalized spacial score (nSPS) is 17.6. The minimum Gasteiger partial charge on any atom is -0.349 e. The van der Waals surface area contributed by atoms with Crippen LogP contribution in [-0.4, -0.2) is 46.2 Å². The van der Waals surface area contributed by atoms with E-state index in [1.165, 1.54) is 44.9 Å². The van der Waals surface area contributed by atoms with Gasteiger partial charge < -0.3 is 20.4 Å². The molecule has 0 bridgehead atoms. The molecular formula is C27H36N4S2. The molecule has 0 saturated carbocycles. The van der Waals surface area contributed by atoms with Gasteiger partial charge in [0.15, 0.2) is 10.2 Å². The fourth-order valence-corrected chi connectivity index (χ4v) is 5.59. The average Bonchev–Trinajstić information content (AvgIpc) is 2.86. The quantitative estimate of drug-likeness (QED) is 0.467. The van der Waals surface area contributed by atoms with E-state index in [0.717, 1.165) is 59.6 Å². The van der Waals surface area contributed by atoms with Crippen molar-refractivity contribution in [2.75, 3.05) is 36.8 Å². The summed E-state index contributed by atoms with van der Waals surface area (Å²) < 4.78 is 0. The zero-order valence-electron chi connectivity index (χ0n) is 19.4. The van der Waals surface area contributed by atoms with Crippen LogP contribution in [0, 0.1) is 11.8 Å². The van der Waals surface area contributed by atoms with Crippen molar-refractivity contribution in [1.82, 2.24) is 9.80 Å². The van der Waals surface area contributed by atoms with Crippen LogP contribution in [0.1, 0.15) is 44.9 Å². The minimum absolute atomic E-state index is 0.850. The number of benzene rings is 2. The van der Waals surface area contributed by atoms with Gasteiger partial charge in [0.25, 0.3) is 0 Å². The van der Waals surface area contributed by atoms with Crippen LogP contribution in [-0.2, 0) is 0 Å². The van der Waals surface area contributed by atoms with Crippen molar-refractivity contribution < 1.29 is 0 Å². The van der Waals surface area contributed by atoms with Crippen LogP contribution in [0.25, 0.3) is 0 Å². The smallest absolute Gasteiger partial charge is 0.173 e. The Hall–Kier alpha value is -2.18. The van der Waals surface area contributed by atoms with Crippen LogP contribution < -0.4 is 10.6 Å². The Bertz CT molecular complexity index is 800. The molecule has 0 radical (unpaired) electrons. The van der Waals surface area contributed by atoms with Gasteiger partial charge in [-0.25, -0.2) is 0 Å². The van der Waals surface area contributed by atoms with Gasteiger partial charge in [-0.15, -0.1) is 0 Å². The molecule has 0 spiro atoms. The van der Waals surface area contributed by atoms with Crippen molar-refractivity contribution >= 4 is 46.0 Å². The highest BCUT2D eigenvalue weighted by Gasteiger charge is 2.23. The first-order chi connectivity index (χ1) is 16.2. The number of hydrogen-bond donors (Lipinski definition) is 2. The molecule has 2 fully saturated rings. The van der Waals surface area contributed by atoms with Gasteiger partial charge in [0.1, 0.15) is 0 Å². The van der Waals surface area contributed by atoms with Gasteiger partial charge in [-0.2, -0.15) is 0 Å². The zero-order chi connectivity index (χ0) is 22.9. The number of hydrogen-bond acceptors (Lipinski definition) is 2. The van der Waals surface area contributed by atoms with Crippen molar-refractivity contribution in [1.29, 1.82) is 0 Å². The number of para-hydroxylation sites is 2. The summed E-state index contributed by atoms with van der Waals surface area (Å²) in [5.41, 5.74) is 2.15. The predicted octanol–water partition coefficient (Wildman–Crippen LogP) is 6.37. The highest BCUT2D eigenvalue weighted by Crippen LogP contribution is 2.28. The van der Waals surface area contributed by atoms with Gasteiger partial charge in [-0.05, 0) is 86.2 Å². The first-order valence-electron chi connectivity index (χ1n) is 12.4. The van der Waals surface area contributed by atoms with Crippen molar-refractivity contribution in [3.05, 3.63) is 60.7 Å². The molecular weight excluding hydrogens is 444 g/mol.